The molecule has 0 aliphatic carbocycles. The Balaban J connectivity index is 2.33. The quantitative estimate of drug-likeness (QED) is 0.400. The fourth-order valence-electron chi connectivity index (χ4n) is 3.81. The van der Waals surface area contributed by atoms with Crippen molar-refractivity contribution >= 4 is 15.5 Å². The van der Waals surface area contributed by atoms with Crippen molar-refractivity contribution < 1.29 is 23.1 Å². The van der Waals surface area contributed by atoms with Crippen LogP contribution in [0, 0.1) is 6.92 Å². The molecule has 11 nitrogen and oxygen atoms in total. The number of hydrogen-bond acceptors (Lipinski definition) is 8. The average molecular weight is 494 g/mol. The predicted molar refractivity (Wildman–Crippen MR) is 126 cm³/mol. The highest BCUT2D eigenvalue weighted by atomic mass is 32.2. The summed E-state index contributed by atoms with van der Waals surface area (Å²) in [6, 6.07) is 4.54. The number of aliphatic hydroxyl groups excluding tert-OH is 1. The van der Waals surface area contributed by atoms with Gasteiger partial charge < -0.3 is 9.84 Å². The van der Waals surface area contributed by atoms with Gasteiger partial charge in [0.1, 0.15) is 16.5 Å². The van der Waals surface area contributed by atoms with Gasteiger partial charge >= 0.3 is 0 Å². The molecular formula is C22H31N5O6S. The zero-order chi connectivity index (χ0) is 25.0. The molecule has 2 aromatic heterocycles. The van der Waals surface area contributed by atoms with Gasteiger partial charge in [0.05, 0.1) is 32.6 Å². The van der Waals surface area contributed by atoms with Gasteiger partial charge in [-0.1, -0.05) is 11.4 Å². The molecule has 0 bridgehead atoms. The summed E-state index contributed by atoms with van der Waals surface area (Å²) < 4.78 is 35.7. The Hall–Kier alpha value is -2.80. The highest BCUT2D eigenvalue weighted by molar-refractivity contribution is 7.89. The lowest BCUT2D eigenvalue weighted by molar-refractivity contribution is -0.0744. The van der Waals surface area contributed by atoms with Gasteiger partial charge in [-0.25, -0.2) is 17.9 Å². The molecule has 0 saturated heterocycles. The number of nitrogens with zero attached hydrogens (tertiary/aromatic N) is 5. The Morgan fingerprint density at radius 3 is 2.53 bits per heavy atom. The Morgan fingerprint density at radius 1 is 1.21 bits per heavy atom. The summed E-state index contributed by atoms with van der Waals surface area (Å²) in [4.78, 5) is 23.1. The third-order valence-electron chi connectivity index (χ3n) is 5.29. The molecule has 0 fully saturated rings. The van der Waals surface area contributed by atoms with Crippen molar-refractivity contribution in [3.8, 4) is 17.1 Å². The normalized spacial score (nSPS) is 12.1. The first kappa shape index (κ1) is 25.8. The maximum atomic E-state index is 13.4. The van der Waals surface area contributed by atoms with E-state index in [4.69, 9.17) is 9.57 Å². The minimum Gasteiger partial charge on any atom is -0.495 e. The standard InChI is InChI=1S/C22H31N5O6S/c1-6-9-19-23-15(4)20-22(29)25(12-13-28)21(24-27(19)20)16-10-11-17(32-5)18(14-16)34(30,31)26(7-2)33-8-3/h10-11,14,28H,6-9,12-13H2,1-5H3. The molecule has 2 heterocycles. The topological polar surface area (TPSA) is 128 Å². The van der Waals surface area contributed by atoms with Crippen molar-refractivity contribution in [1.29, 1.82) is 0 Å². The highest BCUT2D eigenvalue weighted by Crippen LogP contribution is 2.31. The number of aryl methyl sites for hydroxylation is 2. The van der Waals surface area contributed by atoms with Crippen molar-refractivity contribution in [3.05, 3.63) is 40.1 Å². The number of aliphatic hydroxyl groups is 1. The predicted octanol–water partition coefficient (Wildman–Crippen LogP) is 1.78. The molecule has 1 N–H and O–H groups in total. The summed E-state index contributed by atoms with van der Waals surface area (Å²) in [5.41, 5.74) is 0.882. The van der Waals surface area contributed by atoms with Gasteiger partial charge in [-0.2, -0.15) is 0 Å². The van der Waals surface area contributed by atoms with E-state index in [1.54, 1.807) is 26.8 Å². The number of methoxy groups -OCH3 is 1. The number of rotatable bonds is 11. The van der Waals surface area contributed by atoms with E-state index in [-0.39, 0.29) is 48.3 Å². The number of ether oxygens (including phenoxy) is 1. The van der Waals surface area contributed by atoms with E-state index in [1.807, 2.05) is 6.92 Å². The van der Waals surface area contributed by atoms with Crippen LogP contribution in [0.5, 0.6) is 5.75 Å². The first-order valence-electron chi connectivity index (χ1n) is 11.2. The summed E-state index contributed by atoms with van der Waals surface area (Å²) >= 11 is 0. The molecule has 12 heteroatoms. The van der Waals surface area contributed by atoms with Gasteiger partial charge in [0.25, 0.3) is 15.6 Å². The number of fused-ring (bicyclic) bond motifs is 1. The van der Waals surface area contributed by atoms with E-state index < -0.39 is 10.0 Å². The van der Waals surface area contributed by atoms with Crippen molar-refractivity contribution in [3.63, 3.8) is 0 Å². The first-order valence-corrected chi connectivity index (χ1v) is 12.6. The lowest BCUT2D eigenvalue weighted by Gasteiger charge is -2.21. The zero-order valence-electron chi connectivity index (χ0n) is 20.1. The van der Waals surface area contributed by atoms with Crippen LogP contribution in [0.15, 0.2) is 27.9 Å². The van der Waals surface area contributed by atoms with E-state index in [2.05, 4.69) is 10.1 Å². The second-order valence-electron chi connectivity index (χ2n) is 7.54. The first-order chi connectivity index (χ1) is 16.2. The summed E-state index contributed by atoms with van der Waals surface area (Å²) in [6.45, 7) is 7.05. The molecule has 186 valence electrons. The van der Waals surface area contributed by atoms with Gasteiger partial charge in [-0.15, -0.1) is 5.10 Å². The SMILES string of the molecule is CCCc1nc(C)c2c(=O)n(CCO)c(-c3ccc(OC)c(S(=O)(=O)N(CC)OCC)c3)nn12. The van der Waals surface area contributed by atoms with Crippen LogP contribution >= 0.6 is 0 Å². The second-order valence-corrected chi connectivity index (χ2v) is 9.33. The highest BCUT2D eigenvalue weighted by Gasteiger charge is 2.29. The molecule has 3 aromatic rings. The number of hydrogen-bond donors (Lipinski definition) is 1. The van der Waals surface area contributed by atoms with Crippen LogP contribution in [-0.2, 0) is 27.8 Å². The summed E-state index contributed by atoms with van der Waals surface area (Å²) in [5.74, 6) is 0.975. The van der Waals surface area contributed by atoms with Crippen molar-refractivity contribution in [2.24, 2.45) is 0 Å². The van der Waals surface area contributed by atoms with E-state index in [9.17, 15) is 18.3 Å². The zero-order valence-corrected chi connectivity index (χ0v) is 20.9. The number of benzene rings is 1. The third kappa shape index (κ3) is 4.58. The van der Waals surface area contributed by atoms with Crippen LogP contribution in [0.2, 0.25) is 0 Å². The smallest absolute Gasteiger partial charge is 0.280 e. The van der Waals surface area contributed by atoms with Crippen LogP contribution in [-0.4, -0.2) is 64.0 Å². The number of hydroxylamine groups is 1. The number of aromatic nitrogens is 4. The van der Waals surface area contributed by atoms with Gasteiger partial charge in [0, 0.05) is 18.5 Å². The molecular weight excluding hydrogens is 462 g/mol. The molecule has 0 atom stereocenters. The molecule has 0 unspecified atom stereocenters. The van der Waals surface area contributed by atoms with Crippen LogP contribution in [0.3, 0.4) is 0 Å². The molecule has 0 aliphatic heterocycles. The van der Waals surface area contributed by atoms with E-state index in [1.165, 1.54) is 28.3 Å². The minimum absolute atomic E-state index is 0.0143. The molecule has 3 rings (SSSR count). The lowest BCUT2D eigenvalue weighted by atomic mass is 10.2. The fourth-order valence-corrected chi connectivity index (χ4v) is 5.30. The largest absolute Gasteiger partial charge is 0.495 e. The van der Waals surface area contributed by atoms with Gasteiger partial charge in [0.15, 0.2) is 11.3 Å². The molecule has 0 radical (unpaired) electrons. The molecule has 0 amide bonds. The molecule has 0 aliphatic rings. The Labute approximate surface area is 198 Å². The molecule has 0 saturated carbocycles. The number of imidazole rings is 1. The van der Waals surface area contributed by atoms with E-state index in [0.29, 0.717) is 29.0 Å². The van der Waals surface area contributed by atoms with Crippen LogP contribution < -0.4 is 10.3 Å². The second kappa shape index (κ2) is 10.6. The van der Waals surface area contributed by atoms with Crippen LogP contribution in [0.4, 0.5) is 0 Å². The fraction of sp³-hybridized carbons (Fsp3) is 0.500. The summed E-state index contributed by atoms with van der Waals surface area (Å²) in [7, 11) is -2.70. The maximum absolute atomic E-state index is 13.4. The van der Waals surface area contributed by atoms with Gasteiger partial charge in [0.2, 0.25) is 0 Å². The summed E-state index contributed by atoms with van der Waals surface area (Å²) in [5, 5.41) is 14.3. The Morgan fingerprint density at radius 2 is 1.94 bits per heavy atom. The minimum atomic E-state index is -4.07. The van der Waals surface area contributed by atoms with Crippen LogP contribution in [0.1, 0.15) is 38.7 Å². The van der Waals surface area contributed by atoms with E-state index >= 15 is 0 Å². The Bertz CT molecular complexity index is 1330. The van der Waals surface area contributed by atoms with Crippen molar-refractivity contribution in [1.82, 2.24) is 23.6 Å². The van der Waals surface area contributed by atoms with Gasteiger partial charge in [-0.3, -0.25) is 14.2 Å². The molecule has 0 spiro atoms. The van der Waals surface area contributed by atoms with Crippen LogP contribution in [0.25, 0.3) is 16.9 Å². The van der Waals surface area contributed by atoms with Crippen molar-refractivity contribution in [2.75, 3.05) is 26.9 Å². The lowest BCUT2D eigenvalue weighted by Crippen LogP contribution is -2.31. The average Bonchev–Trinajstić information content (AvgIpc) is 3.13. The van der Waals surface area contributed by atoms with Gasteiger partial charge in [-0.05, 0) is 45.4 Å². The van der Waals surface area contributed by atoms with E-state index in [0.717, 1.165) is 10.9 Å². The number of sulfonamides is 1. The molecule has 1 aromatic carbocycles. The third-order valence-corrected chi connectivity index (χ3v) is 7.06. The molecule has 34 heavy (non-hydrogen) atoms. The van der Waals surface area contributed by atoms with Crippen molar-refractivity contribution in [2.45, 2.75) is 52.0 Å². The summed E-state index contributed by atoms with van der Waals surface area (Å²) in [6.07, 6.45) is 1.43. The maximum Gasteiger partial charge on any atom is 0.280 e. The Kier molecular flexibility index (Phi) is 8.08. The monoisotopic (exact) mass is 493 g/mol.